The molecule has 8 nitrogen and oxygen atoms in total. The third kappa shape index (κ3) is 3.53. The highest BCUT2D eigenvalue weighted by atomic mass is 16.2. The molecule has 1 spiro atoms. The van der Waals surface area contributed by atoms with Crippen LogP contribution in [0.3, 0.4) is 0 Å². The predicted molar refractivity (Wildman–Crippen MR) is 105 cm³/mol. The van der Waals surface area contributed by atoms with Gasteiger partial charge >= 0.3 is 6.03 Å². The van der Waals surface area contributed by atoms with E-state index in [1.54, 1.807) is 28.1 Å². The standard InChI is InChI=1S/C21H22N4O4/c26-17-8-4-5-11-24(17)15-18(27)23-12-9-21(10-13-23)19(28)22-20(29)25(21)14-16-6-2-1-3-7-16/h1-8,11H,9-10,12-15H2,(H,22,28,29). The van der Waals surface area contributed by atoms with Gasteiger partial charge < -0.3 is 14.4 Å². The summed E-state index contributed by atoms with van der Waals surface area (Å²) in [6.45, 7) is 1.01. The van der Waals surface area contributed by atoms with Gasteiger partial charge in [0.25, 0.3) is 11.5 Å². The van der Waals surface area contributed by atoms with E-state index < -0.39 is 11.6 Å². The number of amides is 4. The Hall–Kier alpha value is -3.42. The Kier molecular flexibility index (Phi) is 4.92. The molecule has 0 aliphatic carbocycles. The second-order valence-corrected chi connectivity index (χ2v) is 7.41. The number of nitrogens with one attached hydrogen (secondary N) is 1. The Morgan fingerprint density at radius 2 is 1.66 bits per heavy atom. The van der Waals surface area contributed by atoms with Crippen molar-refractivity contribution in [2.24, 2.45) is 0 Å². The number of carbonyl (C=O) groups excluding carboxylic acids is 3. The van der Waals surface area contributed by atoms with Crippen LogP contribution in [0.2, 0.25) is 0 Å². The first kappa shape index (κ1) is 18.9. The number of piperidine rings is 1. The minimum atomic E-state index is -0.937. The van der Waals surface area contributed by atoms with Gasteiger partial charge in [-0.25, -0.2) is 4.79 Å². The number of nitrogens with zero attached hydrogens (tertiary/aromatic N) is 3. The second kappa shape index (κ2) is 7.54. The van der Waals surface area contributed by atoms with Crippen LogP contribution in [0.15, 0.2) is 59.5 Å². The molecule has 2 saturated heterocycles. The van der Waals surface area contributed by atoms with Crippen LogP contribution in [0.1, 0.15) is 18.4 Å². The summed E-state index contributed by atoms with van der Waals surface area (Å²) < 4.78 is 1.36. The van der Waals surface area contributed by atoms with Crippen molar-refractivity contribution in [2.45, 2.75) is 31.5 Å². The molecular formula is C21H22N4O4. The summed E-state index contributed by atoms with van der Waals surface area (Å²) >= 11 is 0. The van der Waals surface area contributed by atoms with Gasteiger partial charge in [-0.1, -0.05) is 36.4 Å². The summed E-state index contributed by atoms with van der Waals surface area (Å²) in [4.78, 5) is 52.8. The van der Waals surface area contributed by atoms with E-state index in [1.807, 2.05) is 30.3 Å². The van der Waals surface area contributed by atoms with Gasteiger partial charge in [0.05, 0.1) is 0 Å². The van der Waals surface area contributed by atoms with E-state index >= 15 is 0 Å². The molecule has 0 saturated carbocycles. The van der Waals surface area contributed by atoms with E-state index in [9.17, 15) is 19.2 Å². The molecule has 2 fully saturated rings. The monoisotopic (exact) mass is 394 g/mol. The molecule has 2 aromatic rings. The number of hydrogen-bond acceptors (Lipinski definition) is 4. The molecule has 0 bridgehead atoms. The Morgan fingerprint density at radius 3 is 2.34 bits per heavy atom. The lowest BCUT2D eigenvalue weighted by Crippen LogP contribution is -2.57. The number of imide groups is 1. The number of pyridine rings is 1. The van der Waals surface area contributed by atoms with Crippen molar-refractivity contribution >= 4 is 17.8 Å². The van der Waals surface area contributed by atoms with Crippen molar-refractivity contribution in [1.82, 2.24) is 19.7 Å². The van der Waals surface area contributed by atoms with E-state index in [1.165, 1.54) is 10.6 Å². The SMILES string of the molecule is O=C(Cn1ccccc1=O)N1CCC2(CC1)C(=O)NC(=O)N2Cc1ccccc1. The maximum atomic E-state index is 12.7. The van der Waals surface area contributed by atoms with E-state index in [2.05, 4.69) is 5.32 Å². The number of aromatic nitrogens is 1. The number of benzene rings is 1. The zero-order chi connectivity index (χ0) is 20.4. The zero-order valence-electron chi connectivity index (χ0n) is 15.9. The first-order valence-corrected chi connectivity index (χ1v) is 9.60. The smallest absolute Gasteiger partial charge is 0.325 e. The van der Waals surface area contributed by atoms with Crippen LogP contribution in [0.5, 0.6) is 0 Å². The minimum Gasteiger partial charge on any atom is -0.341 e. The predicted octanol–water partition coefficient (Wildman–Crippen LogP) is 0.962. The van der Waals surface area contributed by atoms with Crippen molar-refractivity contribution in [3.05, 3.63) is 70.6 Å². The molecule has 1 N–H and O–H groups in total. The third-order valence-electron chi connectivity index (χ3n) is 5.74. The van der Waals surface area contributed by atoms with Crippen LogP contribution in [-0.2, 0) is 22.7 Å². The molecule has 0 radical (unpaired) electrons. The second-order valence-electron chi connectivity index (χ2n) is 7.41. The molecule has 8 heteroatoms. The average molecular weight is 394 g/mol. The van der Waals surface area contributed by atoms with Crippen LogP contribution in [0.4, 0.5) is 4.79 Å². The molecule has 0 atom stereocenters. The molecule has 0 unspecified atom stereocenters. The van der Waals surface area contributed by atoms with Crippen molar-refractivity contribution < 1.29 is 14.4 Å². The lowest BCUT2D eigenvalue weighted by atomic mass is 9.85. The fraction of sp³-hybridized carbons (Fsp3) is 0.333. The number of hydrogen-bond donors (Lipinski definition) is 1. The van der Waals surface area contributed by atoms with Crippen molar-refractivity contribution in [3.8, 4) is 0 Å². The van der Waals surface area contributed by atoms with Crippen LogP contribution in [0, 0.1) is 0 Å². The molecule has 3 heterocycles. The van der Waals surface area contributed by atoms with Gasteiger partial charge in [-0.3, -0.25) is 19.7 Å². The van der Waals surface area contributed by atoms with Crippen molar-refractivity contribution in [2.75, 3.05) is 13.1 Å². The van der Waals surface area contributed by atoms with E-state index in [0.717, 1.165) is 5.56 Å². The minimum absolute atomic E-state index is 0.0362. The van der Waals surface area contributed by atoms with Crippen molar-refractivity contribution in [3.63, 3.8) is 0 Å². The molecular weight excluding hydrogens is 372 g/mol. The fourth-order valence-corrected chi connectivity index (χ4v) is 4.05. The number of carbonyl (C=O) groups is 3. The average Bonchev–Trinajstić information content (AvgIpc) is 2.95. The fourth-order valence-electron chi connectivity index (χ4n) is 4.05. The van der Waals surface area contributed by atoms with Gasteiger partial charge in [-0.15, -0.1) is 0 Å². The first-order valence-electron chi connectivity index (χ1n) is 9.60. The maximum Gasteiger partial charge on any atom is 0.325 e. The maximum absolute atomic E-state index is 12.7. The van der Waals surface area contributed by atoms with Gasteiger partial charge in [0.1, 0.15) is 12.1 Å². The van der Waals surface area contributed by atoms with E-state index in [0.29, 0.717) is 32.5 Å². The lowest BCUT2D eigenvalue weighted by molar-refractivity contribution is -0.138. The highest BCUT2D eigenvalue weighted by Gasteiger charge is 2.54. The summed E-state index contributed by atoms with van der Waals surface area (Å²) in [7, 11) is 0. The highest BCUT2D eigenvalue weighted by molar-refractivity contribution is 6.07. The Labute approximate surface area is 167 Å². The Morgan fingerprint density at radius 1 is 0.966 bits per heavy atom. The Bertz CT molecular complexity index is 993. The van der Waals surface area contributed by atoms with Crippen molar-refractivity contribution in [1.29, 1.82) is 0 Å². The van der Waals surface area contributed by atoms with Gasteiger partial charge in [0.15, 0.2) is 0 Å². The topological polar surface area (TPSA) is 91.7 Å². The molecule has 4 rings (SSSR count). The van der Waals surface area contributed by atoms with E-state index in [4.69, 9.17) is 0 Å². The molecule has 1 aromatic heterocycles. The Balaban J connectivity index is 1.46. The van der Waals surface area contributed by atoms with Gasteiger partial charge in [-0.2, -0.15) is 0 Å². The van der Waals surface area contributed by atoms with Crippen LogP contribution >= 0.6 is 0 Å². The number of likely N-dealkylation sites (tertiary alicyclic amines) is 1. The summed E-state index contributed by atoms with van der Waals surface area (Å²) in [5, 5.41) is 2.44. The first-order chi connectivity index (χ1) is 14.0. The molecule has 1 aromatic carbocycles. The summed E-state index contributed by atoms with van der Waals surface area (Å²) in [5.41, 5.74) is -0.226. The van der Waals surface area contributed by atoms with Crippen LogP contribution < -0.4 is 10.9 Å². The molecule has 150 valence electrons. The van der Waals surface area contributed by atoms with Crippen LogP contribution in [-0.4, -0.2) is 50.8 Å². The van der Waals surface area contributed by atoms with E-state index in [-0.39, 0.29) is 23.9 Å². The van der Waals surface area contributed by atoms with Crippen LogP contribution in [0.25, 0.3) is 0 Å². The highest BCUT2D eigenvalue weighted by Crippen LogP contribution is 2.34. The van der Waals surface area contributed by atoms with Gasteiger partial charge in [0.2, 0.25) is 5.91 Å². The zero-order valence-corrected chi connectivity index (χ0v) is 15.9. The summed E-state index contributed by atoms with van der Waals surface area (Å²) in [6.07, 6.45) is 2.32. The molecule has 4 amide bonds. The number of urea groups is 1. The largest absolute Gasteiger partial charge is 0.341 e. The lowest BCUT2D eigenvalue weighted by Gasteiger charge is -2.42. The normalized spacial score (nSPS) is 18.2. The molecule has 2 aliphatic rings. The summed E-state index contributed by atoms with van der Waals surface area (Å²) in [6, 6.07) is 13.9. The number of rotatable bonds is 4. The van der Waals surface area contributed by atoms with Gasteiger partial charge in [-0.05, 0) is 24.5 Å². The summed E-state index contributed by atoms with van der Waals surface area (Å²) in [5.74, 6) is -0.475. The molecule has 2 aliphatic heterocycles. The quantitative estimate of drug-likeness (QED) is 0.782. The van der Waals surface area contributed by atoms with Gasteiger partial charge in [0, 0.05) is 31.9 Å². The third-order valence-corrected chi connectivity index (χ3v) is 5.74. The molecule has 29 heavy (non-hydrogen) atoms.